The zero-order valence-corrected chi connectivity index (χ0v) is 12.2. The van der Waals surface area contributed by atoms with Gasteiger partial charge < -0.3 is 0 Å². The van der Waals surface area contributed by atoms with E-state index in [9.17, 15) is 4.79 Å². The molecule has 0 aromatic carbocycles. The smallest absolute Gasteiger partial charge is 0.266 e. The Morgan fingerprint density at radius 1 is 1.53 bits per heavy atom. The molecule has 1 fully saturated rings. The van der Waals surface area contributed by atoms with Crippen LogP contribution < -0.4 is 0 Å². The van der Waals surface area contributed by atoms with Crippen molar-refractivity contribution in [3.63, 3.8) is 0 Å². The molecule has 0 N–H and O–H groups in total. The summed E-state index contributed by atoms with van der Waals surface area (Å²) >= 11 is 8.27. The Bertz CT molecular complexity index is 490. The number of aryl methyl sites for hydroxylation is 1. The predicted molar refractivity (Wildman–Crippen MR) is 79.2 cm³/mol. The summed E-state index contributed by atoms with van der Waals surface area (Å²) < 4.78 is 0.678. The first-order valence-electron chi connectivity index (χ1n) is 5.43. The lowest BCUT2D eigenvalue weighted by molar-refractivity contribution is -0.122. The molecule has 0 bridgehead atoms. The molecule has 1 aliphatic rings. The Morgan fingerprint density at radius 2 is 2.29 bits per heavy atom. The molecular formula is C12H13NOS3. The predicted octanol–water partition coefficient (Wildman–Crippen LogP) is 3.67. The number of carbonyl (C=O) groups excluding carboxylic acids is 1. The van der Waals surface area contributed by atoms with E-state index in [0.717, 1.165) is 16.2 Å². The maximum atomic E-state index is 12.1. The van der Waals surface area contributed by atoms with Gasteiger partial charge in [-0.25, -0.2) is 0 Å². The van der Waals surface area contributed by atoms with Gasteiger partial charge >= 0.3 is 0 Å². The third-order valence-corrected chi connectivity index (χ3v) is 4.83. The van der Waals surface area contributed by atoms with E-state index >= 15 is 0 Å². The van der Waals surface area contributed by atoms with Crippen LogP contribution in [-0.2, 0) is 4.79 Å². The first-order valence-corrected chi connectivity index (χ1v) is 7.53. The van der Waals surface area contributed by atoms with Gasteiger partial charge in [-0.15, -0.1) is 11.3 Å². The van der Waals surface area contributed by atoms with Crippen LogP contribution >= 0.6 is 35.3 Å². The van der Waals surface area contributed by atoms with Crippen LogP contribution in [0.4, 0.5) is 0 Å². The first-order chi connectivity index (χ1) is 8.13. The molecule has 0 atom stereocenters. The number of hydrogen-bond acceptors (Lipinski definition) is 4. The average molecular weight is 283 g/mol. The third-order valence-electron chi connectivity index (χ3n) is 2.48. The Morgan fingerprint density at radius 3 is 2.88 bits per heavy atom. The summed E-state index contributed by atoms with van der Waals surface area (Å²) in [7, 11) is 0. The Balaban J connectivity index is 2.25. The summed E-state index contributed by atoms with van der Waals surface area (Å²) in [6, 6.07) is 2.06. The maximum Gasteiger partial charge on any atom is 0.266 e. The molecule has 2 nitrogen and oxygen atoms in total. The molecule has 1 amide bonds. The first kappa shape index (κ1) is 12.8. The third kappa shape index (κ3) is 2.61. The summed E-state index contributed by atoms with van der Waals surface area (Å²) in [6.07, 6.45) is 2.88. The van der Waals surface area contributed by atoms with Crippen molar-refractivity contribution in [3.05, 3.63) is 26.8 Å². The fourth-order valence-electron chi connectivity index (χ4n) is 1.57. The molecule has 90 valence electrons. The van der Waals surface area contributed by atoms with Crippen molar-refractivity contribution in [3.8, 4) is 0 Å². The number of hydrogen-bond donors (Lipinski definition) is 0. The number of thiophene rings is 1. The van der Waals surface area contributed by atoms with Gasteiger partial charge in [0.15, 0.2) is 0 Å². The summed E-state index contributed by atoms with van der Waals surface area (Å²) in [5.41, 5.74) is 1.20. The van der Waals surface area contributed by atoms with Crippen LogP contribution in [0.3, 0.4) is 0 Å². The average Bonchev–Trinajstić information content (AvgIpc) is 2.79. The zero-order valence-electron chi connectivity index (χ0n) is 9.73. The number of rotatable bonds is 3. The molecule has 5 heteroatoms. The van der Waals surface area contributed by atoms with Gasteiger partial charge in [0.1, 0.15) is 4.32 Å². The second-order valence-corrected chi connectivity index (χ2v) is 6.42. The fourth-order valence-corrected chi connectivity index (χ4v) is 3.79. The van der Waals surface area contributed by atoms with Gasteiger partial charge in [0, 0.05) is 11.4 Å². The maximum absolute atomic E-state index is 12.1. The second-order valence-electron chi connectivity index (χ2n) is 3.80. The molecule has 0 unspecified atom stereocenters. The molecule has 17 heavy (non-hydrogen) atoms. The van der Waals surface area contributed by atoms with E-state index in [2.05, 4.69) is 13.0 Å². The SMILES string of the molecule is CCCN1C(=O)C(=Cc2sccc2C)SC1=S. The van der Waals surface area contributed by atoms with E-state index in [1.165, 1.54) is 17.3 Å². The van der Waals surface area contributed by atoms with Crippen molar-refractivity contribution >= 4 is 51.6 Å². The van der Waals surface area contributed by atoms with Crippen LogP contribution in [0.25, 0.3) is 6.08 Å². The zero-order chi connectivity index (χ0) is 12.4. The van der Waals surface area contributed by atoms with Gasteiger partial charge in [0.2, 0.25) is 0 Å². The molecule has 2 rings (SSSR count). The lowest BCUT2D eigenvalue weighted by Gasteiger charge is -2.11. The van der Waals surface area contributed by atoms with Crippen LogP contribution in [0.2, 0.25) is 0 Å². The topological polar surface area (TPSA) is 20.3 Å². The van der Waals surface area contributed by atoms with Crippen molar-refractivity contribution in [1.29, 1.82) is 0 Å². The number of amides is 1. The number of carbonyl (C=O) groups is 1. The molecule has 1 aromatic heterocycles. The monoisotopic (exact) mass is 283 g/mol. The van der Waals surface area contributed by atoms with Crippen molar-refractivity contribution in [1.82, 2.24) is 4.90 Å². The van der Waals surface area contributed by atoms with Gasteiger partial charge in [-0.1, -0.05) is 30.9 Å². The minimum absolute atomic E-state index is 0.0506. The number of thioether (sulfide) groups is 1. The molecule has 0 saturated carbocycles. The van der Waals surface area contributed by atoms with Crippen LogP contribution in [0, 0.1) is 6.92 Å². The highest BCUT2D eigenvalue weighted by atomic mass is 32.2. The highest BCUT2D eigenvalue weighted by Gasteiger charge is 2.31. The molecule has 1 saturated heterocycles. The molecule has 1 aliphatic heterocycles. The Kier molecular flexibility index (Phi) is 4.01. The number of nitrogens with zero attached hydrogens (tertiary/aromatic N) is 1. The standard InChI is InChI=1S/C12H13NOS3/c1-3-5-13-11(14)10(17-12(13)15)7-9-8(2)4-6-16-9/h4,6-7H,3,5H2,1-2H3. The molecule has 0 aliphatic carbocycles. The normalized spacial score (nSPS) is 18.5. The lowest BCUT2D eigenvalue weighted by atomic mass is 10.2. The fraction of sp³-hybridized carbons (Fsp3) is 0.333. The summed E-state index contributed by atoms with van der Waals surface area (Å²) in [5.74, 6) is 0.0506. The van der Waals surface area contributed by atoms with Gasteiger partial charge in [-0.05, 0) is 36.4 Å². The molecule has 2 heterocycles. The van der Waals surface area contributed by atoms with Gasteiger partial charge in [0.25, 0.3) is 5.91 Å². The molecule has 0 spiro atoms. The highest BCUT2D eigenvalue weighted by molar-refractivity contribution is 8.26. The van der Waals surface area contributed by atoms with E-state index in [-0.39, 0.29) is 5.91 Å². The van der Waals surface area contributed by atoms with Crippen LogP contribution in [0.5, 0.6) is 0 Å². The van der Waals surface area contributed by atoms with Crippen molar-refractivity contribution in [2.75, 3.05) is 6.54 Å². The van der Waals surface area contributed by atoms with Crippen molar-refractivity contribution in [2.24, 2.45) is 0 Å². The van der Waals surface area contributed by atoms with Crippen molar-refractivity contribution in [2.45, 2.75) is 20.3 Å². The van der Waals surface area contributed by atoms with E-state index in [0.29, 0.717) is 10.9 Å². The van der Waals surface area contributed by atoms with E-state index in [1.807, 2.05) is 18.4 Å². The summed E-state index contributed by atoms with van der Waals surface area (Å²) in [5, 5.41) is 2.04. The minimum atomic E-state index is 0.0506. The second kappa shape index (κ2) is 5.33. The van der Waals surface area contributed by atoms with Crippen LogP contribution in [0.1, 0.15) is 23.8 Å². The quantitative estimate of drug-likeness (QED) is 0.623. The van der Waals surface area contributed by atoms with E-state index < -0.39 is 0 Å². The van der Waals surface area contributed by atoms with Crippen LogP contribution in [0.15, 0.2) is 16.4 Å². The summed E-state index contributed by atoms with van der Waals surface area (Å²) in [6.45, 7) is 4.81. The molecule has 1 aromatic rings. The van der Waals surface area contributed by atoms with Gasteiger partial charge in [-0.2, -0.15) is 0 Å². The lowest BCUT2D eigenvalue weighted by Crippen LogP contribution is -2.28. The Labute approximate surface area is 115 Å². The van der Waals surface area contributed by atoms with Gasteiger partial charge in [0.05, 0.1) is 4.91 Å². The van der Waals surface area contributed by atoms with Gasteiger partial charge in [-0.3, -0.25) is 9.69 Å². The summed E-state index contributed by atoms with van der Waals surface area (Å²) in [4.78, 5) is 15.7. The van der Waals surface area contributed by atoms with Crippen LogP contribution in [-0.4, -0.2) is 21.7 Å². The largest absolute Gasteiger partial charge is 0.293 e. The number of thiocarbonyl (C=S) groups is 1. The van der Waals surface area contributed by atoms with E-state index in [1.54, 1.807) is 16.2 Å². The molecular weight excluding hydrogens is 270 g/mol. The van der Waals surface area contributed by atoms with Crippen molar-refractivity contribution < 1.29 is 4.79 Å². The Hall–Kier alpha value is -0.650. The molecule has 0 radical (unpaired) electrons. The minimum Gasteiger partial charge on any atom is -0.293 e. The highest BCUT2D eigenvalue weighted by Crippen LogP contribution is 2.33. The van der Waals surface area contributed by atoms with E-state index in [4.69, 9.17) is 12.2 Å².